The Morgan fingerprint density at radius 1 is 1.09 bits per heavy atom. The van der Waals surface area contributed by atoms with Crippen molar-refractivity contribution >= 4 is 15.9 Å². The molecule has 1 amide bonds. The summed E-state index contributed by atoms with van der Waals surface area (Å²) in [6.45, 7) is 11.4. The van der Waals surface area contributed by atoms with Crippen LogP contribution in [0.5, 0.6) is 0 Å². The summed E-state index contributed by atoms with van der Waals surface area (Å²) in [4.78, 5) is 13.8. The van der Waals surface area contributed by atoms with E-state index < -0.39 is 10.0 Å². The van der Waals surface area contributed by atoms with Crippen LogP contribution in [0.1, 0.15) is 46.6 Å². The van der Waals surface area contributed by atoms with Gasteiger partial charge < -0.3 is 4.90 Å². The summed E-state index contributed by atoms with van der Waals surface area (Å²) in [7, 11) is -3.58. The van der Waals surface area contributed by atoms with Crippen LogP contribution in [0.4, 0.5) is 0 Å². The summed E-state index contributed by atoms with van der Waals surface area (Å²) in [6.07, 6.45) is 0.168. The van der Waals surface area contributed by atoms with Crippen molar-refractivity contribution < 1.29 is 13.2 Å². The molecule has 5 nitrogen and oxygen atoms in total. The molecule has 0 saturated heterocycles. The van der Waals surface area contributed by atoms with Gasteiger partial charge in [0.2, 0.25) is 15.9 Å². The monoisotopic (exact) mass is 340 g/mol. The first kappa shape index (κ1) is 19.6. The van der Waals surface area contributed by atoms with Crippen LogP contribution in [-0.2, 0) is 20.2 Å². The Bertz CT molecular complexity index is 612. The summed E-state index contributed by atoms with van der Waals surface area (Å²) >= 11 is 0. The molecule has 6 heteroatoms. The van der Waals surface area contributed by atoms with Gasteiger partial charge in [0.25, 0.3) is 0 Å². The summed E-state index contributed by atoms with van der Waals surface area (Å²) in [5.41, 5.74) is 1.06. The van der Waals surface area contributed by atoms with Crippen LogP contribution in [0.2, 0.25) is 0 Å². The maximum Gasteiger partial charge on any atom is 0.240 e. The summed E-state index contributed by atoms with van der Waals surface area (Å²) in [6, 6.07) is 6.87. The normalized spacial score (nSPS) is 12.2. The lowest BCUT2D eigenvalue weighted by atomic mass is 9.87. The molecule has 0 bridgehead atoms. The zero-order chi connectivity index (χ0) is 17.7. The molecule has 0 aliphatic carbocycles. The number of rotatable bonds is 7. The molecule has 0 spiro atoms. The Balaban J connectivity index is 2.68. The third-order valence-electron chi connectivity index (χ3n) is 3.78. The fourth-order valence-corrected chi connectivity index (χ4v) is 3.28. The second-order valence-corrected chi connectivity index (χ2v) is 8.26. The first-order chi connectivity index (χ1) is 10.6. The summed E-state index contributed by atoms with van der Waals surface area (Å²) in [5.74, 6) is -0.0409. The van der Waals surface area contributed by atoms with Crippen molar-refractivity contribution in [1.82, 2.24) is 9.62 Å². The molecule has 0 fully saturated rings. The van der Waals surface area contributed by atoms with Crippen molar-refractivity contribution in [2.75, 3.05) is 19.6 Å². The highest BCUT2D eigenvalue weighted by molar-refractivity contribution is 7.89. The molecule has 1 rings (SSSR count). The van der Waals surface area contributed by atoms with E-state index in [0.29, 0.717) is 13.1 Å². The lowest BCUT2D eigenvalue weighted by Gasteiger charge is -2.19. The first-order valence-corrected chi connectivity index (χ1v) is 9.48. The van der Waals surface area contributed by atoms with Gasteiger partial charge in [-0.2, -0.15) is 0 Å². The van der Waals surface area contributed by atoms with Gasteiger partial charge in [0.05, 0.1) is 4.90 Å². The van der Waals surface area contributed by atoms with E-state index in [1.54, 1.807) is 17.0 Å². The maximum absolute atomic E-state index is 12.2. The van der Waals surface area contributed by atoms with Crippen LogP contribution >= 0.6 is 0 Å². The lowest BCUT2D eigenvalue weighted by Crippen LogP contribution is -2.34. The largest absolute Gasteiger partial charge is 0.343 e. The molecule has 0 aliphatic rings. The lowest BCUT2D eigenvalue weighted by molar-refractivity contribution is -0.130. The Hall–Kier alpha value is -1.40. The molecule has 23 heavy (non-hydrogen) atoms. The van der Waals surface area contributed by atoms with Gasteiger partial charge >= 0.3 is 0 Å². The van der Waals surface area contributed by atoms with Gasteiger partial charge in [0.1, 0.15) is 0 Å². The highest BCUT2D eigenvalue weighted by atomic mass is 32.2. The number of amides is 1. The number of carbonyl (C=O) groups excluding carboxylic acids is 1. The Morgan fingerprint density at radius 3 is 2.04 bits per heavy atom. The molecule has 1 aromatic carbocycles. The number of benzene rings is 1. The quantitative estimate of drug-likeness (QED) is 0.829. The highest BCUT2D eigenvalue weighted by Crippen LogP contribution is 2.23. The zero-order valence-corrected chi connectivity index (χ0v) is 15.5. The fourth-order valence-electron chi connectivity index (χ4n) is 2.24. The minimum absolute atomic E-state index is 0.0219. The van der Waals surface area contributed by atoms with Gasteiger partial charge in [0, 0.05) is 26.1 Å². The predicted octanol–water partition coefficient (Wildman–Crippen LogP) is 2.52. The first-order valence-electron chi connectivity index (χ1n) is 7.99. The smallest absolute Gasteiger partial charge is 0.240 e. The number of hydrogen-bond acceptors (Lipinski definition) is 3. The maximum atomic E-state index is 12.2. The highest BCUT2D eigenvalue weighted by Gasteiger charge is 2.18. The van der Waals surface area contributed by atoms with E-state index in [1.807, 2.05) is 26.0 Å². The molecule has 0 saturated carbocycles. The van der Waals surface area contributed by atoms with Gasteiger partial charge in [-0.25, -0.2) is 13.1 Å². The van der Waals surface area contributed by atoms with Crippen molar-refractivity contribution in [3.8, 4) is 0 Å². The molecule has 0 heterocycles. The minimum atomic E-state index is -3.58. The van der Waals surface area contributed by atoms with Crippen LogP contribution in [0.25, 0.3) is 0 Å². The van der Waals surface area contributed by atoms with Crippen LogP contribution in [0.15, 0.2) is 29.2 Å². The fraction of sp³-hybridized carbons (Fsp3) is 0.588. The molecule has 0 atom stereocenters. The average molecular weight is 340 g/mol. The second-order valence-electron chi connectivity index (χ2n) is 6.49. The van der Waals surface area contributed by atoms with Crippen LogP contribution in [0, 0.1) is 0 Å². The van der Waals surface area contributed by atoms with Crippen molar-refractivity contribution in [3.63, 3.8) is 0 Å². The molecule has 130 valence electrons. The van der Waals surface area contributed by atoms with Gasteiger partial charge in [-0.1, -0.05) is 32.9 Å². The third kappa shape index (κ3) is 5.62. The predicted molar refractivity (Wildman–Crippen MR) is 92.9 cm³/mol. The van der Waals surface area contributed by atoms with E-state index in [2.05, 4.69) is 25.5 Å². The molecule has 0 aliphatic heterocycles. The van der Waals surface area contributed by atoms with Gasteiger partial charge in [0.15, 0.2) is 0 Å². The van der Waals surface area contributed by atoms with Gasteiger partial charge in [-0.3, -0.25) is 4.79 Å². The van der Waals surface area contributed by atoms with Crippen molar-refractivity contribution in [3.05, 3.63) is 29.8 Å². The van der Waals surface area contributed by atoms with Crippen LogP contribution < -0.4 is 4.72 Å². The number of hydrogen-bond donors (Lipinski definition) is 1. The molecule has 0 aromatic heterocycles. The standard InChI is InChI=1S/C17H28N2O3S/c1-6-19(7-2)16(20)12-13-18-23(21,22)15-10-8-14(9-11-15)17(3,4)5/h8-11,18H,6-7,12-13H2,1-5H3. The SMILES string of the molecule is CCN(CC)C(=O)CCNS(=O)(=O)c1ccc(C(C)(C)C)cc1. The molecule has 0 radical (unpaired) electrons. The topological polar surface area (TPSA) is 66.5 Å². The van der Waals surface area contributed by atoms with E-state index in [1.165, 1.54) is 0 Å². The average Bonchev–Trinajstić information content (AvgIpc) is 2.47. The molecular formula is C17H28N2O3S. The number of nitrogens with zero attached hydrogens (tertiary/aromatic N) is 1. The third-order valence-corrected chi connectivity index (χ3v) is 5.25. The number of sulfonamides is 1. The molecular weight excluding hydrogens is 312 g/mol. The Morgan fingerprint density at radius 2 is 1.61 bits per heavy atom. The van der Waals surface area contributed by atoms with Gasteiger partial charge in [-0.15, -0.1) is 0 Å². The van der Waals surface area contributed by atoms with E-state index in [-0.39, 0.29) is 29.2 Å². The minimum Gasteiger partial charge on any atom is -0.343 e. The van der Waals surface area contributed by atoms with Gasteiger partial charge in [-0.05, 0) is 37.0 Å². The van der Waals surface area contributed by atoms with Crippen LogP contribution in [0.3, 0.4) is 0 Å². The van der Waals surface area contributed by atoms with Crippen molar-refractivity contribution in [1.29, 1.82) is 0 Å². The van der Waals surface area contributed by atoms with Crippen molar-refractivity contribution in [2.45, 2.75) is 51.3 Å². The summed E-state index contributed by atoms with van der Waals surface area (Å²) in [5, 5.41) is 0. The summed E-state index contributed by atoms with van der Waals surface area (Å²) < 4.78 is 27.0. The Labute approximate surface area is 140 Å². The molecule has 1 N–H and O–H groups in total. The molecule has 1 aromatic rings. The zero-order valence-electron chi connectivity index (χ0n) is 14.7. The van der Waals surface area contributed by atoms with Crippen LogP contribution in [-0.4, -0.2) is 38.9 Å². The molecule has 0 unspecified atom stereocenters. The van der Waals surface area contributed by atoms with Crippen molar-refractivity contribution in [2.24, 2.45) is 0 Å². The van der Waals surface area contributed by atoms with E-state index >= 15 is 0 Å². The number of nitrogens with one attached hydrogen (secondary N) is 1. The van der Waals surface area contributed by atoms with E-state index in [0.717, 1.165) is 5.56 Å². The Kier molecular flexibility index (Phi) is 6.77. The number of carbonyl (C=O) groups is 1. The van der Waals surface area contributed by atoms with E-state index in [9.17, 15) is 13.2 Å². The second kappa shape index (κ2) is 7.93. The van der Waals surface area contributed by atoms with E-state index in [4.69, 9.17) is 0 Å².